The van der Waals surface area contributed by atoms with E-state index in [1.54, 1.807) is 0 Å². The van der Waals surface area contributed by atoms with Crippen molar-refractivity contribution in [1.29, 1.82) is 0 Å². The van der Waals surface area contributed by atoms with E-state index in [1.807, 2.05) is 26.0 Å². The second kappa shape index (κ2) is 7.55. The minimum Gasteiger partial charge on any atom is -0.345 e. The van der Waals surface area contributed by atoms with E-state index in [4.69, 9.17) is 0 Å². The number of hydrogen-bond donors (Lipinski definition) is 1. The lowest BCUT2D eigenvalue weighted by atomic mass is 10.1. The average Bonchev–Trinajstić information content (AvgIpc) is 2.36. The number of amides is 1. The monoisotopic (exact) mass is 243 g/mol. The summed E-state index contributed by atoms with van der Waals surface area (Å²) in [5.41, 5.74) is 2.34. The van der Waals surface area contributed by atoms with Crippen molar-refractivity contribution >= 4 is 5.91 Å². The molecule has 0 atom stereocenters. The Bertz CT molecular complexity index is 434. The van der Waals surface area contributed by atoms with Gasteiger partial charge in [0.2, 0.25) is 5.91 Å². The molecule has 0 aliphatic rings. The van der Waals surface area contributed by atoms with Gasteiger partial charge >= 0.3 is 0 Å². The fourth-order valence-electron chi connectivity index (χ4n) is 1.53. The van der Waals surface area contributed by atoms with Crippen LogP contribution in [0.15, 0.2) is 24.3 Å². The highest BCUT2D eigenvalue weighted by Gasteiger charge is 2.03. The van der Waals surface area contributed by atoms with Gasteiger partial charge in [0, 0.05) is 11.5 Å². The molecule has 0 radical (unpaired) electrons. The molecule has 0 bridgehead atoms. The Balaban J connectivity index is 2.45. The molecule has 0 heterocycles. The highest BCUT2D eigenvalue weighted by Crippen LogP contribution is 2.05. The predicted octanol–water partition coefficient (Wildman–Crippen LogP) is 2.76. The maximum atomic E-state index is 11.3. The van der Waals surface area contributed by atoms with Gasteiger partial charge in [-0.15, -0.1) is 0 Å². The average molecular weight is 243 g/mol. The zero-order valence-electron chi connectivity index (χ0n) is 11.4. The molecule has 0 unspecified atom stereocenters. The first kappa shape index (κ1) is 14.3. The van der Waals surface area contributed by atoms with E-state index in [-0.39, 0.29) is 11.8 Å². The quantitative estimate of drug-likeness (QED) is 0.809. The third-order valence-corrected chi connectivity index (χ3v) is 2.60. The summed E-state index contributed by atoms with van der Waals surface area (Å²) in [6.07, 6.45) is 2.27. The molecule has 1 N–H and O–H groups in total. The van der Waals surface area contributed by atoms with Crippen LogP contribution in [0.1, 0.15) is 38.3 Å². The molecule has 0 saturated heterocycles. The zero-order chi connectivity index (χ0) is 13.4. The molecule has 0 aliphatic heterocycles. The lowest BCUT2D eigenvalue weighted by Gasteiger charge is -2.02. The van der Waals surface area contributed by atoms with Gasteiger partial charge in [0.25, 0.3) is 0 Å². The summed E-state index contributed by atoms with van der Waals surface area (Å²) in [6.45, 7) is 6.32. The third kappa shape index (κ3) is 5.05. The maximum Gasteiger partial charge on any atom is 0.223 e. The predicted molar refractivity (Wildman–Crippen MR) is 75.2 cm³/mol. The van der Waals surface area contributed by atoms with Crippen molar-refractivity contribution in [3.05, 3.63) is 35.4 Å². The van der Waals surface area contributed by atoms with Crippen molar-refractivity contribution in [1.82, 2.24) is 5.32 Å². The normalized spacial score (nSPS) is 9.78. The molecule has 1 aromatic carbocycles. The van der Waals surface area contributed by atoms with Crippen molar-refractivity contribution in [3.63, 3.8) is 0 Å². The molecular formula is C16H21NO. The Kier molecular flexibility index (Phi) is 6.00. The fraction of sp³-hybridized carbons (Fsp3) is 0.438. The molecule has 0 saturated carbocycles. The minimum atomic E-state index is 0.0140. The van der Waals surface area contributed by atoms with E-state index in [1.165, 1.54) is 5.56 Å². The highest BCUT2D eigenvalue weighted by molar-refractivity contribution is 5.78. The fourth-order valence-corrected chi connectivity index (χ4v) is 1.53. The first-order valence-corrected chi connectivity index (χ1v) is 6.49. The van der Waals surface area contributed by atoms with Crippen LogP contribution in [0.5, 0.6) is 0 Å². The summed E-state index contributed by atoms with van der Waals surface area (Å²) < 4.78 is 0. The zero-order valence-corrected chi connectivity index (χ0v) is 11.4. The number of nitrogens with one attached hydrogen (secondary N) is 1. The van der Waals surface area contributed by atoms with Crippen LogP contribution in [0.2, 0.25) is 0 Å². The van der Waals surface area contributed by atoms with Gasteiger partial charge in [-0.05, 0) is 24.1 Å². The standard InChI is InChI=1S/C16H21NO/c1-4-6-14-8-10-15(11-9-14)7-5-12-17-16(18)13(2)3/h8-11,13H,4,6,12H2,1-3H3,(H,17,18). The number of rotatable bonds is 4. The number of hydrogen-bond acceptors (Lipinski definition) is 1. The van der Waals surface area contributed by atoms with E-state index in [0.29, 0.717) is 6.54 Å². The van der Waals surface area contributed by atoms with Crippen molar-refractivity contribution < 1.29 is 4.79 Å². The van der Waals surface area contributed by atoms with Crippen LogP contribution in [0.3, 0.4) is 0 Å². The molecule has 1 amide bonds. The molecule has 2 heteroatoms. The topological polar surface area (TPSA) is 29.1 Å². The summed E-state index contributed by atoms with van der Waals surface area (Å²) in [5, 5.41) is 2.77. The largest absolute Gasteiger partial charge is 0.345 e. The SMILES string of the molecule is CCCc1ccc(C#CCNC(=O)C(C)C)cc1. The van der Waals surface area contributed by atoms with E-state index < -0.39 is 0 Å². The molecule has 0 aliphatic carbocycles. The van der Waals surface area contributed by atoms with Crippen molar-refractivity contribution in [2.45, 2.75) is 33.6 Å². The van der Waals surface area contributed by atoms with Gasteiger partial charge in [-0.1, -0.05) is 51.2 Å². The second-order valence-electron chi connectivity index (χ2n) is 4.62. The van der Waals surface area contributed by atoms with Gasteiger partial charge in [0.1, 0.15) is 0 Å². The summed E-state index contributed by atoms with van der Waals surface area (Å²) in [7, 11) is 0. The Labute approximate surface area is 110 Å². The molecule has 0 aromatic heterocycles. The first-order valence-electron chi connectivity index (χ1n) is 6.49. The molecule has 2 nitrogen and oxygen atoms in total. The first-order chi connectivity index (χ1) is 8.63. The van der Waals surface area contributed by atoms with Crippen LogP contribution in [-0.4, -0.2) is 12.5 Å². The van der Waals surface area contributed by atoms with Crippen LogP contribution in [-0.2, 0) is 11.2 Å². The maximum absolute atomic E-state index is 11.3. The molecular weight excluding hydrogens is 222 g/mol. The van der Waals surface area contributed by atoms with Gasteiger partial charge in [0.05, 0.1) is 6.54 Å². The molecule has 1 aromatic rings. The Morgan fingerprint density at radius 1 is 1.28 bits per heavy atom. The van der Waals surface area contributed by atoms with E-state index in [9.17, 15) is 4.79 Å². The Morgan fingerprint density at radius 2 is 1.94 bits per heavy atom. The van der Waals surface area contributed by atoms with Gasteiger partial charge in [-0.25, -0.2) is 0 Å². The van der Waals surface area contributed by atoms with Crippen molar-refractivity contribution in [2.24, 2.45) is 5.92 Å². The summed E-state index contributed by atoms with van der Waals surface area (Å²) in [4.78, 5) is 11.3. The number of benzene rings is 1. The third-order valence-electron chi connectivity index (χ3n) is 2.60. The van der Waals surface area contributed by atoms with E-state index in [2.05, 4.69) is 36.2 Å². The van der Waals surface area contributed by atoms with E-state index in [0.717, 1.165) is 18.4 Å². The van der Waals surface area contributed by atoms with Crippen LogP contribution in [0, 0.1) is 17.8 Å². The van der Waals surface area contributed by atoms with Gasteiger partial charge in [-0.2, -0.15) is 0 Å². The van der Waals surface area contributed by atoms with Crippen LogP contribution in [0.25, 0.3) is 0 Å². The van der Waals surface area contributed by atoms with Crippen molar-refractivity contribution in [3.8, 4) is 11.8 Å². The molecule has 18 heavy (non-hydrogen) atoms. The number of carbonyl (C=O) groups excluding carboxylic acids is 1. The van der Waals surface area contributed by atoms with Crippen LogP contribution < -0.4 is 5.32 Å². The van der Waals surface area contributed by atoms with Gasteiger partial charge in [-0.3, -0.25) is 4.79 Å². The van der Waals surface area contributed by atoms with Gasteiger partial charge < -0.3 is 5.32 Å². The Morgan fingerprint density at radius 3 is 2.50 bits per heavy atom. The van der Waals surface area contributed by atoms with Crippen LogP contribution >= 0.6 is 0 Å². The smallest absolute Gasteiger partial charge is 0.223 e. The number of aryl methyl sites for hydroxylation is 1. The summed E-state index contributed by atoms with van der Waals surface area (Å²) in [5.74, 6) is 6.06. The molecule has 1 rings (SSSR count). The lowest BCUT2D eigenvalue weighted by molar-refractivity contribution is -0.123. The number of carbonyl (C=O) groups is 1. The van der Waals surface area contributed by atoms with Crippen molar-refractivity contribution in [2.75, 3.05) is 6.54 Å². The van der Waals surface area contributed by atoms with Crippen LogP contribution in [0.4, 0.5) is 0 Å². The molecule has 0 spiro atoms. The van der Waals surface area contributed by atoms with Gasteiger partial charge in [0.15, 0.2) is 0 Å². The molecule has 96 valence electrons. The minimum absolute atomic E-state index is 0.0140. The summed E-state index contributed by atoms with van der Waals surface area (Å²) >= 11 is 0. The molecule has 0 fully saturated rings. The Hall–Kier alpha value is -1.75. The second-order valence-corrected chi connectivity index (χ2v) is 4.62. The van der Waals surface area contributed by atoms with E-state index >= 15 is 0 Å². The summed E-state index contributed by atoms with van der Waals surface area (Å²) in [6, 6.07) is 8.28. The highest BCUT2D eigenvalue weighted by atomic mass is 16.1. The lowest BCUT2D eigenvalue weighted by Crippen LogP contribution is -2.27.